The molecule has 29 heavy (non-hydrogen) atoms. The third-order valence-corrected chi connectivity index (χ3v) is 5.67. The predicted octanol–water partition coefficient (Wildman–Crippen LogP) is 4.24. The lowest BCUT2D eigenvalue weighted by Crippen LogP contribution is -2.20. The molecule has 2 aromatic carbocycles. The van der Waals surface area contributed by atoms with Gasteiger partial charge in [-0.3, -0.25) is 0 Å². The first-order valence-corrected chi connectivity index (χ1v) is 10.6. The maximum Gasteiger partial charge on any atom is 0.209 e. The number of aromatic nitrogens is 4. The van der Waals surface area contributed by atoms with E-state index in [2.05, 4.69) is 41.0 Å². The number of hydrogen-bond acceptors (Lipinski definition) is 6. The number of aryl methyl sites for hydroxylation is 1. The van der Waals surface area contributed by atoms with Gasteiger partial charge in [-0.15, -0.1) is 5.10 Å². The smallest absolute Gasteiger partial charge is 0.209 e. The van der Waals surface area contributed by atoms with Gasteiger partial charge in [0.25, 0.3) is 0 Å². The van der Waals surface area contributed by atoms with Crippen LogP contribution in [0, 0.1) is 6.92 Å². The van der Waals surface area contributed by atoms with Crippen molar-refractivity contribution in [2.45, 2.75) is 37.9 Å². The van der Waals surface area contributed by atoms with Crippen molar-refractivity contribution in [1.29, 1.82) is 0 Å². The maximum absolute atomic E-state index is 10.4. The van der Waals surface area contributed by atoms with E-state index in [1.807, 2.05) is 37.3 Å². The highest BCUT2D eigenvalue weighted by atomic mass is 32.2. The van der Waals surface area contributed by atoms with E-state index in [1.165, 1.54) is 11.8 Å². The van der Waals surface area contributed by atoms with Crippen molar-refractivity contribution < 1.29 is 9.84 Å². The van der Waals surface area contributed by atoms with Gasteiger partial charge in [-0.05, 0) is 42.2 Å². The minimum absolute atomic E-state index is 0.230. The molecule has 0 saturated carbocycles. The monoisotopic (exact) mass is 408 g/mol. The highest BCUT2D eigenvalue weighted by Crippen LogP contribution is 2.28. The zero-order valence-electron chi connectivity index (χ0n) is 16.7. The molecule has 0 spiro atoms. The molecule has 1 unspecified atom stereocenters. The molecular formula is C22H24N4O2S. The number of ether oxygens (including phenoxy) is 1. The molecule has 1 atom stereocenters. The van der Waals surface area contributed by atoms with Crippen LogP contribution in [-0.2, 0) is 0 Å². The fourth-order valence-electron chi connectivity index (χ4n) is 3.17. The number of nitrogens with zero attached hydrogens (tertiary/aromatic N) is 4. The van der Waals surface area contributed by atoms with Crippen LogP contribution >= 0.6 is 11.8 Å². The van der Waals surface area contributed by atoms with E-state index in [9.17, 15) is 5.11 Å². The summed E-state index contributed by atoms with van der Waals surface area (Å²) >= 11 is 1.41. The quantitative estimate of drug-likeness (QED) is 0.461. The van der Waals surface area contributed by atoms with E-state index >= 15 is 0 Å². The maximum atomic E-state index is 10.4. The van der Waals surface area contributed by atoms with Crippen molar-refractivity contribution in [1.82, 2.24) is 19.6 Å². The van der Waals surface area contributed by atoms with Crippen LogP contribution in [0.4, 0.5) is 0 Å². The third-order valence-electron chi connectivity index (χ3n) is 4.69. The molecule has 4 aromatic rings. The fraction of sp³-hybridized carbons (Fsp3) is 0.318. The van der Waals surface area contributed by atoms with Crippen LogP contribution in [0.3, 0.4) is 0 Å². The summed E-state index contributed by atoms with van der Waals surface area (Å²) in [5, 5.41) is 16.4. The second-order valence-electron chi connectivity index (χ2n) is 7.40. The number of benzene rings is 2. The van der Waals surface area contributed by atoms with Gasteiger partial charge in [-0.1, -0.05) is 49.9 Å². The van der Waals surface area contributed by atoms with Gasteiger partial charge in [0.2, 0.25) is 5.16 Å². The Morgan fingerprint density at radius 3 is 2.83 bits per heavy atom. The molecule has 0 aliphatic heterocycles. The second-order valence-corrected chi connectivity index (χ2v) is 8.38. The Balaban J connectivity index is 1.41. The number of para-hydroxylation sites is 1. The average Bonchev–Trinajstić information content (AvgIpc) is 3.14. The summed E-state index contributed by atoms with van der Waals surface area (Å²) in [5.74, 6) is 1.65. The minimum atomic E-state index is -0.623. The first kappa shape index (κ1) is 19.7. The van der Waals surface area contributed by atoms with Gasteiger partial charge in [0, 0.05) is 11.1 Å². The van der Waals surface area contributed by atoms with Crippen molar-refractivity contribution in [3.8, 4) is 5.75 Å². The van der Waals surface area contributed by atoms with Crippen LogP contribution in [0.5, 0.6) is 5.75 Å². The van der Waals surface area contributed by atoms with E-state index in [0.717, 1.165) is 33.4 Å². The van der Waals surface area contributed by atoms with Gasteiger partial charge in [0.1, 0.15) is 18.7 Å². The summed E-state index contributed by atoms with van der Waals surface area (Å²) in [6, 6.07) is 14.1. The molecule has 7 heteroatoms. The van der Waals surface area contributed by atoms with E-state index in [1.54, 1.807) is 10.8 Å². The first-order valence-electron chi connectivity index (χ1n) is 9.65. The van der Waals surface area contributed by atoms with Crippen LogP contribution in [0.25, 0.3) is 16.6 Å². The standard InChI is InChI=1S/C22H24N4O2S/c1-14(2)17-9-8-15(3)10-20(17)28-11-16(27)12-29-22-24-21-18-6-4-5-7-19(18)23-13-26(21)25-22/h4-10,13-14,16,27H,11-12H2,1-3H3. The van der Waals surface area contributed by atoms with Crippen LogP contribution < -0.4 is 4.74 Å². The minimum Gasteiger partial charge on any atom is -0.491 e. The Hall–Kier alpha value is -2.64. The van der Waals surface area contributed by atoms with E-state index in [-0.39, 0.29) is 6.61 Å². The van der Waals surface area contributed by atoms with Gasteiger partial charge in [-0.2, -0.15) is 0 Å². The first-order chi connectivity index (χ1) is 14.0. The van der Waals surface area contributed by atoms with Gasteiger partial charge < -0.3 is 9.84 Å². The van der Waals surface area contributed by atoms with Crippen LogP contribution in [-0.4, -0.2) is 43.2 Å². The number of thioether (sulfide) groups is 1. The molecule has 0 saturated heterocycles. The van der Waals surface area contributed by atoms with Gasteiger partial charge in [0.05, 0.1) is 11.6 Å². The molecule has 0 fully saturated rings. The molecule has 0 bridgehead atoms. The van der Waals surface area contributed by atoms with Crippen molar-refractivity contribution in [2.24, 2.45) is 0 Å². The van der Waals surface area contributed by atoms with Gasteiger partial charge >= 0.3 is 0 Å². The molecule has 0 aliphatic rings. The van der Waals surface area contributed by atoms with E-state index in [0.29, 0.717) is 16.8 Å². The molecule has 2 aromatic heterocycles. The van der Waals surface area contributed by atoms with Crippen molar-refractivity contribution >= 4 is 28.3 Å². The highest BCUT2D eigenvalue weighted by Gasteiger charge is 2.14. The Bertz CT molecular complexity index is 1140. The summed E-state index contributed by atoms with van der Waals surface area (Å²) in [6.45, 7) is 6.54. The van der Waals surface area contributed by atoms with Crippen LogP contribution in [0.1, 0.15) is 30.9 Å². The van der Waals surface area contributed by atoms with E-state index < -0.39 is 6.10 Å². The molecule has 150 valence electrons. The van der Waals surface area contributed by atoms with Gasteiger partial charge in [0.15, 0.2) is 5.65 Å². The summed E-state index contributed by atoms with van der Waals surface area (Å²) < 4.78 is 7.60. The Morgan fingerprint density at radius 1 is 1.17 bits per heavy atom. The highest BCUT2D eigenvalue weighted by molar-refractivity contribution is 7.99. The lowest BCUT2D eigenvalue weighted by molar-refractivity contribution is 0.125. The summed E-state index contributed by atoms with van der Waals surface area (Å²) in [7, 11) is 0. The lowest BCUT2D eigenvalue weighted by Gasteiger charge is -2.17. The molecule has 0 aliphatic carbocycles. The van der Waals surface area contributed by atoms with E-state index in [4.69, 9.17) is 4.74 Å². The van der Waals surface area contributed by atoms with Crippen LogP contribution in [0.2, 0.25) is 0 Å². The Labute approximate surface area is 174 Å². The van der Waals surface area contributed by atoms with Crippen LogP contribution in [0.15, 0.2) is 53.9 Å². The normalized spacial score (nSPS) is 12.7. The van der Waals surface area contributed by atoms with Crippen molar-refractivity contribution in [3.63, 3.8) is 0 Å². The summed E-state index contributed by atoms with van der Waals surface area (Å²) in [4.78, 5) is 9.00. The molecule has 6 nitrogen and oxygen atoms in total. The van der Waals surface area contributed by atoms with Crippen molar-refractivity contribution in [2.75, 3.05) is 12.4 Å². The summed E-state index contributed by atoms with van der Waals surface area (Å²) in [6.07, 6.45) is 1.04. The largest absolute Gasteiger partial charge is 0.491 e. The fourth-order valence-corrected chi connectivity index (χ4v) is 3.90. The lowest BCUT2D eigenvalue weighted by atomic mass is 10.0. The number of hydrogen-bond donors (Lipinski definition) is 1. The zero-order chi connectivity index (χ0) is 20.4. The number of aliphatic hydroxyl groups is 1. The predicted molar refractivity (Wildman–Crippen MR) is 116 cm³/mol. The third kappa shape index (κ3) is 4.36. The van der Waals surface area contributed by atoms with Gasteiger partial charge in [-0.25, -0.2) is 14.5 Å². The number of fused-ring (bicyclic) bond motifs is 3. The molecule has 4 rings (SSSR count). The molecule has 2 heterocycles. The second kappa shape index (κ2) is 8.39. The molecule has 0 amide bonds. The zero-order valence-corrected chi connectivity index (χ0v) is 17.6. The number of rotatable bonds is 7. The average molecular weight is 409 g/mol. The number of aliphatic hydroxyl groups excluding tert-OH is 1. The topological polar surface area (TPSA) is 72.5 Å². The summed E-state index contributed by atoms with van der Waals surface area (Å²) in [5.41, 5.74) is 3.95. The molecule has 1 N–H and O–H groups in total. The molecular weight excluding hydrogens is 384 g/mol. The molecule has 0 radical (unpaired) electrons. The Kier molecular flexibility index (Phi) is 5.69. The SMILES string of the molecule is Cc1ccc(C(C)C)c(OCC(O)CSc2nc3c4ccccc4ncn3n2)c1. The van der Waals surface area contributed by atoms with Crippen molar-refractivity contribution in [3.05, 3.63) is 59.9 Å². The Morgan fingerprint density at radius 2 is 2.00 bits per heavy atom.